The number of likely N-dealkylation sites (N-methyl/N-ethyl adjacent to an activating group) is 1. The average molecular weight is 312 g/mol. The predicted molar refractivity (Wildman–Crippen MR) is 84.3 cm³/mol. The third-order valence-electron chi connectivity index (χ3n) is 3.55. The zero-order valence-electron chi connectivity index (χ0n) is 13.1. The molecule has 0 radical (unpaired) electrons. The van der Waals surface area contributed by atoms with Crippen molar-refractivity contribution in [1.82, 2.24) is 9.21 Å². The average Bonchev–Trinajstić information content (AvgIpc) is 2.45. The lowest BCUT2D eigenvalue weighted by Crippen LogP contribution is -2.43. The van der Waals surface area contributed by atoms with Gasteiger partial charge in [-0.05, 0) is 26.3 Å². The molecule has 0 saturated heterocycles. The van der Waals surface area contributed by atoms with Crippen LogP contribution in [0, 0.1) is 0 Å². The molecule has 5 nitrogen and oxygen atoms in total. The molecule has 0 aliphatic heterocycles. The maximum atomic E-state index is 12.2. The summed E-state index contributed by atoms with van der Waals surface area (Å²) in [5, 5.41) is 0. The van der Waals surface area contributed by atoms with Gasteiger partial charge in [0.25, 0.3) is 0 Å². The van der Waals surface area contributed by atoms with Crippen molar-refractivity contribution in [2.45, 2.75) is 26.8 Å². The number of carbonyl (C=O) groups is 1. The van der Waals surface area contributed by atoms with Gasteiger partial charge in [0.1, 0.15) is 0 Å². The molecule has 1 atom stereocenters. The Kier molecular flexibility index (Phi) is 6.36. The SMILES string of the molecule is CCN(CC)C(=O)CN(C(C)c1ccccc1)S(C)(=O)=O. The highest BCUT2D eigenvalue weighted by Gasteiger charge is 2.28. The van der Waals surface area contributed by atoms with E-state index < -0.39 is 10.0 Å². The molecule has 21 heavy (non-hydrogen) atoms. The molecule has 1 unspecified atom stereocenters. The number of hydrogen-bond donors (Lipinski definition) is 0. The summed E-state index contributed by atoms with van der Waals surface area (Å²) < 4.78 is 25.3. The van der Waals surface area contributed by atoms with Crippen LogP contribution < -0.4 is 0 Å². The zero-order valence-corrected chi connectivity index (χ0v) is 13.9. The third-order valence-corrected chi connectivity index (χ3v) is 4.84. The van der Waals surface area contributed by atoms with Crippen molar-refractivity contribution >= 4 is 15.9 Å². The van der Waals surface area contributed by atoms with E-state index in [4.69, 9.17) is 0 Å². The first kappa shape index (κ1) is 17.7. The molecule has 1 rings (SSSR count). The van der Waals surface area contributed by atoms with Crippen LogP contribution in [0.15, 0.2) is 30.3 Å². The highest BCUT2D eigenvalue weighted by molar-refractivity contribution is 7.88. The first-order chi connectivity index (χ1) is 9.81. The quantitative estimate of drug-likeness (QED) is 0.772. The van der Waals surface area contributed by atoms with E-state index >= 15 is 0 Å². The van der Waals surface area contributed by atoms with Gasteiger partial charge in [0.15, 0.2) is 0 Å². The molecule has 0 aromatic heterocycles. The van der Waals surface area contributed by atoms with Crippen LogP contribution in [0.4, 0.5) is 0 Å². The molecule has 0 bridgehead atoms. The maximum absolute atomic E-state index is 12.2. The minimum Gasteiger partial charge on any atom is -0.342 e. The molecule has 118 valence electrons. The van der Waals surface area contributed by atoms with Gasteiger partial charge in [-0.1, -0.05) is 30.3 Å². The van der Waals surface area contributed by atoms with Crippen LogP contribution in [0.3, 0.4) is 0 Å². The summed E-state index contributed by atoms with van der Waals surface area (Å²) in [6, 6.07) is 8.95. The number of amides is 1. The maximum Gasteiger partial charge on any atom is 0.237 e. The fourth-order valence-electron chi connectivity index (χ4n) is 2.25. The lowest BCUT2D eigenvalue weighted by Gasteiger charge is -2.29. The van der Waals surface area contributed by atoms with Crippen molar-refractivity contribution in [3.8, 4) is 0 Å². The van der Waals surface area contributed by atoms with Crippen LogP contribution in [0.25, 0.3) is 0 Å². The smallest absolute Gasteiger partial charge is 0.237 e. The lowest BCUT2D eigenvalue weighted by atomic mass is 10.1. The van der Waals surface area contributed by atoms with Gasteiger partial charge in [0.2, 0.25) is 15.9 Å². The van der Waals surface area contributed by atoms with Crippen molar-refractivity contribution in [2.75, 3.05) is 25.9 Å². The number of hydrogen-bond acceptors (Lipinski definition) is 3. The second kappa shape index (κ2) is 7.56. The Bertz CT molecular complexity index is 554. The summed E-state index contributed by atoms with van der Waals surface area (Å²) in [5.41, 5.74) is 0.871. The summed E-state index contributed by atoms with van der Waals surface area (Å²) in [7, 11) is -3.47. The molecule has 0 aliphatic carbocycles. The van der Waals surface area contributed by atoms with Crippen molar-refractivity contribution in [3.63, 3.8) is 0 Å². The molecule has 0 saturated carbocycles. The van der Waals surface area contributed by atoms with Crippen LogP contribution in [-0.4, -0.2) is 49.4 Å². The summed E-state index contributed by atoms with van der Waals surface area (Å²) in [5.74, 6) is -0.173. The van der Waals surface area contributed by atoms with Crippen LogP contribution in [0.1, 0.15) is 32.4 Å². The van der Waals surface area contributed by atoms with E-state index in [1.807, 2.05) is 44.2 Å². The normalized spacial score (nSPS) is 13.2. The highest BCUT2D eigenvalue weighted by atomic mass is 32.2. The van der Waals surface area contributed by atoms with Gasteiger partial charge in [-0.3, -0.25) is 4.79 Å². The van der Waals surface area contributed by atoms with Crippen molar-refractivity contribution in [2.24, 2.45) is 0 Å². The minimum atomic E-state index is -3.47. The molecule has 1 amide bonds. The van der Waals surface area contributed by atoms with E-state index in [9.17, 15) is 13.2 Å². The molecular weight excluding hydrogens is 288 g/mol. The van der Waals surface area contributed by atoms with E-state index in [2.05, 4.69) is 0 Å². The number of benzene rings is 1. The highest BCUT2D eigenvalue weighted by Crippen LogP contribution is 2.22. The molecule has 0 heterocycles. The Hall–Kier alpha value is -1.40. The minimum absolute atomic E-state index is 0.128. The van der Waals surface area contributed by atoms with E-state index in [-0.39, 0.29) is 18.5 Å². The molecule has 6 heteroatoms. The Morgan fingerprint density at radius 2 is 1.67 bits per heavy atom. The van der Waals surface area contributed by atoms with Gasteiger partial charge in [-0.2, -0.15) is 4.31 Å². The number of carbonyl (C=O) groups excluding carboxylic acids is 1. The second-order valence-electron chi connectivity index (χ2n) is 4.96. The Morgan fingerprint density at radius 1 is 1.14 bits per heavy atom. The molecular formula is C15H24N2O3S. The molecule has 1 aromatic carbocycles. The van der Waals surface area contributed by atoms with Gasteiger partial charge < -0.3 is 4.90 Å². The summed E-state index contributed by atoms with van der Waals surface area (Å²) in [6.07, 6.45) is 1.14. The molecule has 0 spiro atoms. The Morgan fingerprint density at radius 3 is 2.10 bits per heavy atom. The number of sulfonamides is 1. The van der Waals surface area contributed by atoms with Crippen LogP contribution in [0.5, 0.6) is 0 Å². The van der Waals surface area contributed by atoms with Gasteiger partial charge in [-0.15, -0.1) is 0 Å². The molecule has 0 N–H and O–H groups in total. The molecule has 0 fully saturated rings. The van der Waals surface area contributed by atoms with Crippen molar-refractivity contribution in [3.05, 3.63) is 35.9 Å². The van der Waals surface area contributed by atoms with Crippen LogP contribution in [-0.2, 0) is 14.8 Å². The van der Waals surface area contributed by atoms with Crippen LogP contribution in [0.2, 0.25) is 0 Å². The van der Waals surface area contributed by atoms with Gasteiger partial charge in [0.05, 0.1) is 12.8 Å². The fourth-order valence-corrected chi connectivity index (χ4v) is 3.29. The van der Waals surface area contributed by atoms with Crippen LogP contribution >= 0.6 is 0 Å². The van der Waals surface area contributed by atoms with E-state index in [1.165, 1.54) is 4.31 Å². The first-order valence-corrected chi connectivity index (χ1v) is 8.95. The van der Waals surface area contributed by atoms with E-state index in [0.29, 0.717) is 13.1 Å². The number of rotatable bonds is 7. The Labute approximate surface area is 127 Å². The van der Waals surface area contributed by atoms with E-state index in [1.54, 1.807) is 11.8 Å². The second-order valence-corrected chi connectivity index (χ2v) is 6.90. The Balaban J connectivity index is 3.00. The number of nitrogens with zero attached hydrogens (tertiary/aromatic N) is 2. The third kappa shape index (κ3) is 4.82. The summed E-state index contributed by atoms with van der Waals surface area (Å²) >= 11 is 0. The summed E-state index contributed by atoms with van der Waals surface area (Å²) in [4.78, 5) is 13.9. The fraction of sp³-hybridized carbons (Fsp3) is 0.533. The van der Waals surface area contributed by atoms with Gasteiger partial charge in [0, 0.05) is 19.1 Å². The largest absolute Gasteiger partial charge is 0.342 e. The monoisotopic (exact) mass is 312 g/mol. The van der Waals surface area contributed by atoms with E-state index in [0.717, 1.165) is 11.8 Å². The molecule has 0 aliphatic rings. The lowest BCUT2D eigenvalue weighted by molar-refractivity contribution is -0.131. The summed E-state index contributed by atoms with van der Waals surface area (Å²) in [6.45, 7) is 6.58. The predicted octanol–water partition coefficient (Wildman–Crippen LogP) is 1.88. The van der Waals surface area contributed by atoms with Gasteiger partial charge in [-0.25, -0.2) is 8.42 Å². The van der Waals surface area contributed by atoms with Gasteiger partial charge >= 0.3 is 0 Å². The zero-order chi connectivity index (χ0) is 16.0. The van der Waals surface area contributed by atoms with Crippen molar-refractivity contribution in [1.29, 1.82) is 0 Å². The molecule has 1 aromatic rings. The van der Waals surface area contributed by atoms with Crippen molar-refractivity contribution < 1.29 is 13.2 Å². The topological polar surface area (TPSA) is 57.7 Å². The first-order valence-electron chi connectivity index (χ1n) is 7.10. The standard InChI is InChI=1S/C15H24N2O3S/c1-5-16(6-2)15(18)12-17(21(4,19)20)13(3)14-10-8-7-9-11-14/h7-11,13H,5-6,12H2,1-4H3.